The Morgan fingerprint density at radius 2 is 1.97 bits per heavy atom. The maximum atomic E-state index is 13.8. The van der Waals surface area contributed by atoms with Gasteiger partial charge in [-0.05, 0) is 18.6 Å². The van der Waals surface area contributed by atoms with Crippen molar-refractivity contribution in [1.82, 2.24) is 19.7 Å². The number of benzene rings is 1. The summed E-state index contributed by atoms with van der Waals surface area (Å²) >= 11 is 0. The van der Waals surface area contributed by atoms with E-state index in [4.69, 9.17) is 4.42 Å². The average molecular weight is 464 g/mol. The van der Waals surface area contributed by atoms with Gasteiger partial charge in [-0.25, -0.2) is 8.78 Å². The topological polar surface area (TPSA) is 64.2 Å². The van der Waals surface area contributed by atoms with E-state index in [1.54, 1.807) is 24.3 Å². The fraction of sp³-hybridized carbons (Fsp3) is 0.318. The Hall–Kier alpha value is -3.50. The third-order valence-electron chi connectivity index (χ3n) is 5.60. The Bertz CT molecular complexity index is 1360. The van der Waals surface area contributed by atoms with Crippen LogP contribution in [-0.2, 0) is 6.54 Å². The number of nitrogens with zero attached hydrogens (tertiary/aromatic N) is 4. The number of aromatic nitrogens is 3. The van der Waals surface area contributed by atoms with Crippen molar-refractivity contribution in [2.75, 3.05) is 13.1 Å². The van der Waals surface area contributed by atoms with Gasteiger partial charge in [0.05, 0.1) is 12.1 Å². The first kappa shape index (κ1) is 21.4. The fourth-order valence-electron chi connectivity index (χ4n) is 4.14. The van der Waals surface area contributed by atoms with Gasteiger partial charge < -0.3 is 9.32 Å². The molecule has 0 unspecified atom stereocenters. The largest absolute Gasteiger partial charge is 0.464 e. The molecule has 1 amide bonds. The summed E-state index contributed by atoms with van der Waals surface area (Å²) in [5, 5.41) is 5.10. The molecule has 0 bridgehead atoms. The van der Waals surface area contributed by atoms with Crippen molar-refractivity contribution in [2.45, 2.75) is 31.5 Å². The number of rotatable bonds is 3. The van der Waals surface area contributed by atoms with E-state index in [9.17, 15) is 26.7 Å². The number of pyridine rings is 1. The number of carbonyl (C=O) groups excluding carboxylic acids is 1. The number of hydrogen-bond acceptors (Lipinski definition) is 4. The number of hydrogen-bond donors (Lipinski definition) is 0. The molecule has 5 rings (SSSR count). The van der Waals surface area contributed by atoms with E-state index in [1.165, 1.54) is 18.5 Å². The number of furan rings is 1. The van der Waals surface area contributed by atoms with Crippen LogP contribution in [0, 0.1) is 0 Å². The molecule has 0 radical (unpaired) electrons. The predicted molar refractivity (Wildman–Crippen MR) is 109 cm³/mol. The van der Waals surface area contributed by atoms with E-state index in [2.05, 4.69) is 10.1 Å². The van der Waals surface area contributed by atoms with Crippen molar-refractivity contribution in [2.24, 2.45) is 0 Å². The Kier molecular flexibility index (Phi) is 4.87. The van der Waals surface area contributed by atoms with Gasteiger partial charge in [-0.3, -0.25) is 14.5 Å². The third kappa shape index (κ3) is 4.03. The van der Waals surface area contributed by atoms with Crippen molar-refractivity contribution in [3.63, 3.8) is 0 Å². The molecule has 0 saturated carbocycles. The number of likely N-dealkylation sites (tertiary alicyclic amines) is 1. The van der Waals surface area contributed by atoms with Crippen molar-refractivity contribution < 1.29 is 31.2 Å². The molecule has 1 aliphatic rings. The zero-order chi connectivity index (χ0) is 23.4. The van der Waals surface area contributed by atoms with Crippen LogP contribution in [0.4, 0.5) is 22.0 Å². The van der Waals surface area contributed by atoms with E-state index < -0.39 is 31.1 Å². The Morgan fingerprint density at radius 3 is 2.73 bits per heavy atom. The maximum Gasteiger partial charge on any atom is 0.408 e. The van der Waals surface area contributed by atoms with E-state index in [0.29, 0.717) is 16.5 Å². The quantitative estimate of drug-likeness (QED) is 0.387. The van der Waals surface area contributed by atoms with Crippen LogP contribution in [0.1, 0.15) is 23.3 Å². The van der Waals surface area contributed by atoms with Gasteiger partial charge in [0.1, 0.15) is 29.8 Å². The molecule has 11 heteroatoms. The zero-order valence-electron chi connectivity index (χ0n) is 17.1. The van der Waals surface area contributed by atoms with Crippen LogP contribution < -0.4 is 0 Å². The van der Waals surface area contributed by atoms with Gasteiger partial charge in [0, 0.05) is 35.5 Å². The molecule has 0 spiro atoms. The molecule has 33 heavy (non-hydrogen) atoms. The average Bonchev–Trinajstić information content (AvgIpc) is 3.32. The highest BCUT2D eigenvalue weighted by Gasteiger charge is 2.38. The molecule has 3 aromatic heterocycles. The molecule has 1 fully saturated rings. The third-order valence-corrected chi connectivity index (χ3v) is 5.60. The van der Waals surface area contributed by atoms with Gasteiger partial charge in [0.15, 0.2) is 0 Å². The van der Waals surface area contributed by atoms with Crippen LogP contribution in [-0.4, -0.2) is 50.8 Å². The monoisotopic (exact) mass is 464 g/mol. The number of alkyl halides is 5. The van der Waals surface area contributed by atoms with Crippen LogP contribution in [0.15, 0.2) is 47.2 Å². The number of para-hydroxylation sites is 1. The Balaban J connectivity index is 1.61. The molecule has 1 saturated heterocycles. The van der Waals surface area contributed by atoms with Crippen molar-refractivity contribution >= 4 is 27.8 Å². The summed E-state index contributed by atoms with van der Waals surface area (Å²) < 4.78 is 73.5. The molecular weight excluding hydrogens is 447 g/mol. The highest BCUT2D eigenvalue weighted by molar-refractivity contribution is 6.03. The normalized spacial score (nSPS) is 16.6. The summed E-state index contributed by atoms with van der Waals surface area (Å²) in [4.78, 5) is 17.9. The molecule has 0 atom stereocenters. The summed E-state index contributed by atoms with van der Waals surface area (Å²) in [6.45, 7) is -2.01. The molecule has 0 N–H and O–H groups in total. The Labute approximate surface area is 183 Å². The smallest absolute Gasteiger partial charge is 0.408 e. The summed E-state index contributed by atoms with van der Waals surface area (Å²) in [5.41, 5.74) is 1.04. The second-order valence-electron chi connectivity index (χ2n) is 8.04. The van der Waals surface area contributed by atoms with Gasteiger partial charge in [-0.1, -0.05) is 18.2 Å². The predicted octanol–water partition coefficient (Wildman–Crippen LogP) is 5.28. The molecule has 6 nitrogen and oxygen atoms in total. The first-order valence-corrected chi connectivity index (χ1v) is 10.2. The molecule has 172 valence electrons. The van der Waals surface area contributed by atoms with Crippen LogP contribution in [0.25, 0.3) is 33.1 Å². The minimum Gasteiger partial charge on any atom is -0.464 e. The van der Waals surface area contributed by atoms with Crippen molar-refractivity contribution in [3.05, 3.63) is 48.5 Å². The lowest BCUT2D eigenvalue weighted by Crippen LogP contribution is -2.45. The molecule has 4 aromatic rings. The van der Waals surface area contributed by atoms with E-state index in [-0.39, 0.29) is 41.7 Å². The number of piperidine rings is 1. The highest BCUT2D eigenvalue weighted by atomic mass is 19.4. The van der Waals surface area contributed by atoms with Gasteiger partial charge in [-0.2, -0.15) is 18.3 Å². The van der Waals surface area contributed by atoms with Crippen LogP contribution >= 0.6 is 0 Å². The molecular formula is C22H17F5N4O2. The van der Waals surface area contributed by atoms with Gasteiger partial charge in [0.25, 0.3) is 11.8 Å². The molecule has 1 aliphatic heterocycles. The van der Waals surface area contributed by atoms with Gasteiger partial charge in [-0.15, -0.1) is 0 Å². The van der Waals surface area contributed by atoms with Crippen LogP contribution in [0.2, 0.25) is 0 Å². The summed E-state index contributed by atoms with van der Waals surface area (Å²) in [7, 11) is 0. The second-order valence-corrected chi connectivity index (χ2v) is 8.04. The van der Waals surface area contributed by atoms with Crippen molar-refractivity contribution in [3.8, 4) is 11.3 Å². The summed E-state index contributed by atoms with van der Waals surface area (Å²) in [5.74, 6) is -3.77. The second kappa shape index (κ2) is 7.53. The van der Waals surface area contributed by atoms with Gasteiger partial charge in [0.2, 0.25) is 0 Å². The number of amides is 1. The minimum atomic E-state index is -4.57. The SMILES string of the molecule is O=C(c1cc2c(cn1)c(-c1coc3ccccc13)nn2CC(F)(F)F)N1CCCC(F)(F)C1. The zero-order valence-corrected chi connectivity index (χ0v) is 17.1. The lowest BCUT2D eigenvalue weighted by molar-refractivity contribution is -0.141. The molecule has 0 aliphatic carbocycles. The van der Waals surface area contributed by atoms with E-state index in [0.717, 1.165) is 9.58 Å². The number of fused-ring (bicyclic) bond motifs is 2. The fourth-order valence-corrected chi connectivity index (χ4v) is 4.14. The van der Waals surface area contributed by atoms with E-state index in [1.807, 2.05) is 0 Å². The van der Waals surface area contributed by atoms with Crippen molar-refractivity contribution in [1.29, 1.82) is 0 Å². The number of carbonyl (C=O) groups is 1. The lowest BCUT2D eigenvalue weighted by Gasteiger charge is -2.32. The molecule has 4 heterocycles. The van der Waals surface area contributed by atoms with Gasteiger partial charge >= 0.3 is 6.18 Å². The molecule has 1 aromatic carbocycles. The first-order valence-electron chi connectivity index (χ1n) is 10.2. The van der Waals surface area contributed by atoms with E-state index >= 15 is 0 Å². The first-order chi connectivity index (χ1) is 15.6. The lowest BCUT2D eigenvalue weighted by atomic mass is 10.1. The summed E-state index contributed by atoms with van der Waals surface area (Å²) in [6.07, 6.45) is -2.10. The Morgan fingerprint density at radius 1 is 1.18 bits per heavy atom. The standard InChI is InChI=1S/C22H17F5N4O2/c23-21(24)6-3-7-30(11-21)20(32)16-8-17-14(9-28-16)19(29-31(17)12-22(25,26)27)15-10-33-18-5-2-1-4-13(15)18/h1-2,4-5,8-10H,3,6-7,11-12H2. The maximum absolute atomic E-state index is 13.8. The number of halogens is 5. The summed E-state index contributed by atoms with van der Waals surface area (Å²) in [6, 6.07) is 8.18. The van der Waals surface area contributed by atoms with Crippen LogP contribution in [0.3, 0.4) is 0 Å². The highest BCUT2D eigenvalue weighted by Crippen LogP contribution is 2.36. The minimum absolute atomic E-state index is 0.0229. The van der Waals surface area contributed by atoms with Crippen LogP contribution in [0.5, 0.6) is 0 Å².